The van der Waals surface area contributed by atoms with Crippen LogP contribution in [0.25, 0.3) is 11.4 Å². The maximum absolute atomic E-state index is 12.7. The fourth-order valence-corrected chi connectivity index (χ4v) is 2.76. The van der Waals surface area contributed by atoms with Crippen LogP contribution in [0.3, 0.4) is 0 Å². The van der Waals surface area contributed by atoms with Gasteiger partial charge in [-0.3, -0.25) is 9.36 Å². The van der Waals surface area contributed by atoms with E-state index in [9.17, 15) is 9.59 Å². The van der Waals surface area contributed by atoms with Crippen LogP contribution in [0.2, 0.25) is 0 Å². The van der Waals surface area contributed by atoms with Gasteiger partial charge in [0.2, 0.25) is 0 Å². The highest BCUT2D eigenvalue weighted by atomic mass is 16.1. The van der Waals surface area contributed by atoms with E-state index >= 15 is 0 Å². The maximum atomic E-state index is 12.7. The Morgan fingerprint density at radius 2 is 1.85 bits per heavy atom. The van der Waals surface area contributed by atoms with Crippen molar-refractivity contribution >= 4 is 12.0 Å². The van der Waals surface area contributed by atoms with E-state index in [0.29, 0.717) is 36.3 Å². The van der Waals surface area contributed by atoms with Crippen molar-refractivity contribution in [3.8, 4) is 17.5 Å². The molecule has 1 heterocycles. The molecule has 0 amide bonds. The lowest BCUT2D eigenvalue weighted by Crippen LogP contribution is -2.27. The van der Waals surface area contributed by atoms with Gasteiger partial charge in [-0.05, 0) is 24.1 Å². The molecule has 6 nitrogen and oxygen atoms in total. The number of aldehydes is 1. The summed E-state index contributed by atoms with van der Waals surface area (Å²) in [6, 6.07) is 18.7. The van der Waals surface area contributed by atoms with Crippen molar-refractivity contribution in [3.05, 3.63) is 82.3 Å². The average Bonchev–Trinajstić information content (AvgIpc) is 2.72. The van der Waals surface area contributed by atoms with Crippen molar-refractivity contribution in [2.24, 2.45) is 0 Å². The number of hydrogen-bond acceptors (Lipinski definition) is 5. The SMILES string of the molecule is N#Cc1ccc(CCNc2cnc(-c3ccccc3)n(CC=O)c2=O)cc1. The molecule has 0 fully saturated rings. The van der Waals surface area contributed by atoms with Gasteiger partial charge in [-0.25, -0.2) is 4.98 Å². The molecule has 2 aromatic carbocycles. The average molecular weight is 358 g/mol. The highest BCUT2D eigenvalue weighted by molar-refractivity contribution is 5.59. The summed E-state index contributed by atoms with van der Waals surface area (Å²) in [6.45, 7) is 0.482. The predicted molar refractivity (Wildman–Crippen MR) is 103 cm³/mol. The minimum Gasteiger partial charge on any atom is -0.379 e. The van der Waals surface area contributed by atoms with Gasteiger partial charge in [0.25, 0.3) is 5.56 Å². The number of carbonyl (C=O) groups excluding carboxylic acids is 1. The lowest BCUT2D eigenvalue weighted by Gasteiger charge is -2.12. The van der Waals surface area contributed by atoms with E-state index in [1.165, 1.54) is 10.8 Å². The Bertz CT molecular complexity index is 1020. The van der Waals surface area contributed by atoms with Crippen molar-refractivity contribution in [3.63, 3.8) is 0 Å². The number of carbonyl (C=O) groups is 1. The van der Waals surface area contributed by atoms with Crippen molar-refractivity contribution < 1.29 is 4.79 Å². The Hall–Kier alpha value is -3.72. The highest BCUT2D eigenvalue weighted by Gasteiger charge is 2.11. The topological polar surface area (TPSA) is 87.8 Å². The van der Waals surface area contributed by atoms with Crippen LogP contribution in [-0.4, -0.2) is 22.4 Å². The van der Waals surface area contributed by atoms with Crippen molar-refractivity contribution in [1.82, 2.24) is 9.55 Å². The van der Waals surface area contributed by atoms with Gasteiger partial charge in [-0.2, -0.15) is 5.26 Å². The molecule has 1 N–H and O–H groups in total. The number of nitrogens with one attached hydrogen (secondary N) is 1. The third-order valence-electron chi connectivity index (χ3n) is 4.15. The van der Waals surface area contributed by atoms with Gasteiger partial charge < -0.3 is 10.1 Å². The Balaban J connectivity index is 1.77. The fraction of sp³-hybridized carbons (Fsp3) is 0.143. The van der Waals surface area contributed by atoms with E-state index in [1.54, 1.807) is 12.1 Å². The molecular formula is C21H18N4O2. The summed E-state index contributed by atoms with van der Waals surface area (Å²) in [7, 11) is 0. The van der Waals surface area contributed by atoms with Gasteiger partial charge in [0, 0.05) is 12.1 Å². The second-order valence-corrected chi connectivity index (χ2v) is 5.93. The first-order chi connectivity index (χ1) is 13.2. The number of rotatable bonds is 7. The molecule has 0 spiro atoms. The number of benzene rings is 2. The monoisotopic (exact) mass is 358 g/mol. The summed E-state index contributed by atoms with van der Waals surface area (Å²) in [6.07, 6.45) is 2.89. The summed E-state index contributed by atoms with van der Waals surface area (Å²) in [5.41, 5.74) is 2.52. The van der Waals surface area contributed by atoms with Gasteiger partial charge >= 0.3 is 0 Å². The van der Waals surface area contributed by atoms with Crippen molar-refractivity contribution in [2.75, 3.05) is 11.9 Å². The molecule has 1 aromatic heterocycles. The third-order valence-corrected chi connectivity index (χ3v) is 4.15. The quantitative estimate of drug-likeness (QED) is 0.656. The van der Waals surface area contributed by atoms with Crippen LogP contribution < -0.4 is 10.9 Å². The molecule has 3 aromatic rings. The van der Waals surface area contributed by atoms with Gasteiger partial charge in [-0.1, -0.05) is 42.5 Å². The molecule has 6 heteroatoms. The van der Waals surface area contributed by atoms with Crippen LogP contribution in [0.4, 0.5) is 5.69 Å². The second kappa shape index (κ2) is 8.59. The third kappa shape index (κ3) is 4.28. The summed E-state index contributed by atoms with van der Waals surface area (Å²) in [5, 5.41) is 11.9. The molecule has 0 bridgehead atoms. The maximum Gasteiger partial charge on any atom is 0.277 e. The van der Waals surface area contributed by atoms with E-state index in [1.807, 2.05) is 42.5 Å². The lowest BCUT2D eigenvalue weighted by molar-refractivity contribution is -0.108. The Morgan fingerprint density at radius 3 is 2.52 bits per heavy atom. The molecule has 27 heavy (non-hydrogen) atoms. The summed E-state index contributed by atoms with van der Waals surface area (Å²) >= 11 is 0. The van der Waals surface area contributed by atoms with Crippen molar-refractivity contribution in [1.29, 1.82) is 5.26 Å². The zero-order chi connectivity index (χ0) is 19.1. The van der Waals surface area contributed by atoms with Gasteiger partial charge in [0.05, 0.1) is 24.4 Å². The van der Waals surface area contributed by atoms with E-state index in [-0.39, 0.29) is 12.1 Å². The molecule has 0 unspecified atom stereocenters. The Kier molecular flexibility index (Phi) is 5.75. The zero-order valence-corrected chi connectivity index (χ0v) is 14.6. The molecule has 0 saturated heterocycles. The summed E-state index contributed by atoms with van der Waals surface area (Å²) < 4.78 is 1.37. The van der Waals surface area contributed by atoms with Crippen LogP contribution in [0.5, 0.6) is 0 Å². The van der Waals surface area contributed by atoms with Gasteiger partial charge in [0.15, 0.2) is 0 Å². The summed E-state index contributed by atoms with van der Waals surface area (Å²) in [5.74, 6) is 0.463. The van der Waals surface area contributed by atoms with E-state index in [2.05, 4.69) is 16.4 Å². The van der Waals surface area contributed by atoms with Crippen LogP contribution in [0.1, 0.15) is 11.1 Å². The molecule has 0 aliphatic rings. The number of nitrogens with zero attached hydrogens (tertiary/aromatic N) is 3. The van der Waals surface area contributed by atoms with E-state index < -0.39 is 0 Å². The number of anilines is 1. The molecule has 3 rings (SSSR count). The van der Waals surface area contributed by atoms with Crippen LogP contribution in [-0.2, 0) is 17.8 Å². The number of nitriles is 1. The molecule has 0 radical (unpaired) electrons. The van der Waals surface area contributed by atoms with E-state index in [4.69, 9.17) is 5.26 Å². The smallest absolute Gasteiger partial charge is 0.277 e. The van der Waals surface area contributed by atoms with Crippen molar-refractivity contribution in [2.45, 2.75) is 13.0 Å². The standard InChI is InChI=1S/C21H18N4O2/c22-14-17-8-6-16(7-9-17)10-11-23-19-15-24-20(18-4-2-1-3-5-18)25(12-13-26)21(19)27/h1-9,13,15,23H,10-12H2. The fourth-order valence-electron chi connectivity index (χ4n) is 2.76. The predicted octanol–water partition coefficient (Wildman–Crippen LogP) is 2.64. The first-order valence-electron chi connectivity index (χ1n) is 8.54. The minimum atomic E-state index is -0.282. The zero-order valence-electron chi connectivity index (χ0n) is 14.6. The van der Waals surface area contributed by atoms with Gasteiger partial charge in [-0.15, -0.1) is 0 Å². The van der Waals surface area contributed by atoms with Crippen LogP contribution >= 0.6 is 0 Å². The molecule has 134 valence electrons. The number of hydrogen-bond donors (Lipinski definition) is 1. The molecule has 0 aliphatic heterocycles. The Labute approximate surface area is 156 Å². The lowest BCUT2D eigenvalue weighted by atomic mass is 10.1. The number of aromatic nitrogens is 2. The second-order valence-electron chi connectivity index (χ2n) is 5.93. The first kappa shape index (κ1) is 18.1. The highest BCUT2D eigenvalue weighted by Crippen LogP contribution is 2.16. The largest absolute Gasteiger partial charge is 0.379 e. The normalized spacial score (nSPS) is 10.2. The molecule has 0 aliphatic carbocycles. The van der Waals surface area contributed by atoms with Crippen LogP contribution in [0.15, 0.2) is 65.6 Å². The van der Waals surface area contributed by atoms with Gasteiger partial charge in [0.1, 0.15) is 17.8 Å². The first-order valence-corrected chi connectivity index (χ1v) is 8.54. The van der Waals surface area contributed by atoms with Crippen LogP contribution in [0, 0.1) is 11.3 Å². The molecule has 0 atom stereocenters. The Morgan fingerprint density at radius 1 is 1.11 bits per heavy atom. The molecule has 0 saturated carbocycles. The summed E-state index contributed by atoms with van der Waals surface area (Å²) in [4.78, 5) is 28.2. The minimum absolute atomic E-state index is 0.0544. The molecular weight excluding hydrogens is 340 g/mol. The van der Waals surface area contributed by atoms with E-state index in [0.717, 1.165) is 11.1 Å².